The van der Waals surface area contributed by atoms with Gasteiger partial charge in [-0.1, -0.05) is 18.2 Å². The molecule has 2 amide bonds. The molecule has 3 N–H and O–H groups in total. The molecule has 2 aliphatic rings. The standard InChI is InChI=1S/C26H19NO7/c28-16-4-7-19-18(20-8-5-17(29)13-23(20)34-22(19)12-16)6-2-14-1-3-15(11-21(14)26(32)33)27-24(30)9-10-25(27)31/h1,3-5,7-13,18,28-29H,2,6H2,(H,32,33). The highest BCUT2D eigenvalue weighted by Gasteiger charge is 2.29. The number of phenols is 2. The summed E-state index contributed by atoms with van der Waals surface area (Å²) in [4.78, 5) is 36.9. The van der Waals surface area contributed by atoms with Gasteiger partial charge in [-0.25, -0.2) is 9.69 Å². The Morgan fingerprint density at radius 1 is 0.853 bits per heavy atom. The molecule has 2 aliphatic heterocycles. The average Bonchev–Trinajstić information content (AvgIpc) is 3.14. The third-order valence-corrected chi connectivity index (χ3v) is 6.06. The van der Waals surface area contributed by atoms with Gasteiger partial charge in [0.2, 0.25) is 0 Å². The highest BCUT2D eigenvalue weighted by Crippen LogP contribution is 2.48. The van der Waals surface area contributed by atoms with Gasteiger partial charge in [0.1, 0.15) is 23.0 Å². The maximum Gasteiger partial charge on any atom is 0.336 e. The second-order valence-electron chi connectivity index (χ2n) is 8.13. The summed E-state index contributed by atoms with van der Waals surface area (Å²) in [7, 11) is 0. The molecule has 0 fully saturated rings. The molecule has 34 heavy (non-hydrogen) atoms. The van der Waals surface area contributed by atoms with Crippen LogP contribution < -0.4 is 9.64 Å². The lowest BCUT2D eigenvalue weighted by Crippen LogP contribution is -2.29. The molecular weight excluding hydrogens is 438 g/mol. The van der Waals surface area contributed by atoms with Crippen LogP contribution in [0.15, 0.2) is 66.7 Å². The van der Waals surface area contributed by atoms with Crippen molar-refractivity contribution in [3.63, 3.8) is 0 Å². The Balaban J connectivity index is 1.48. The number of aryl methyl sites for hydroxylation is 1. The van der Waals surface area contributed by atoms with Crippen LogP contribution in [-0.2, 0) is 16.0 Å². The van der Waals surface area contributed by atoms with Gasteiger partial charge in [0.05, 0.1) is 11.3 Å². The summed E-state index contributed by atoms with van der Waals surface area (Å²) < 4.78 is 5.89. The predicted octanol–water partition coefficient (Wildman–Crippen LogP) is 4.10. The molecule has 0 aliphatic carbocycles. The van der Waals surface area contributed by atoms with E-state index in [4.69, 9.17) is 4.74 Å². The molecule has 0 atom stereocenters. The Labute approximate surface area is 194 Å². The van der Waals surface area contributed by atoms with E-state index in [1.807, 2.05) is 0 Å². The van der Waals surface area contributed by atoms with Crippen molar-refractivity contribution in [1.82, 2.24) is 0 Å². The molecule has 0 saturated heterocycles. The summed E-state index contributed by atoms with van der Waals surface area (Å²) in [5, 5.41) is 29.6. The van der Waals surface area contributed by atoms with Gasteiger partial charge in [-0.2, -0.15) is 0 Å². The van der Waals surface area contributed by atoms with Crippen LogP contribution in [0, 0.1) is 0 Å². The molecular formula is C26H19NO7. The van der Waals surface area contributed by atoms with Gasteiger partial charge in [-0.3, -0.25) is 9.59 Å². The number of carboxylic acid groups (broad SMARTS) is 1. The zero-order valence-electron chi connectivity index (χ0n) is 17.8. The number of carbonyl (C=O) groups is 3. The number of rotatable bonds is 5. The van der Waals surface area contributed by atoms with Gasteiger partial charge in [0.15, 0.2) is 0 Å². The highest BCUT2D eigenvalue weighted by atomic mass is 16.5. The number of nitrogens with zero attached hydrogens (tertiary/aromatic N) is 1. The summed E-state index contributed by atoms with van der Waals surface area (Å²) in [6.45, 7) is 0. The summed E-state index contributed by atoms with van der Waals surface area (Å²) in [6.07, 6.45) is 3.19. The quantitative estimate of drug-likeness (QED) is 0.493. The average molecular weight is 457 g/mol. The van der Waals surface area contributed by atoms with E-state index in [9.17, 15) is 29.7 Å². The van der Waals surface area contributed by atoms with Crippen LogP contribution in [0.5, 0.6) is 23.0 Å². The molecule has 2 heterocycles. The minimum Gasteiger partial charge on any atom is -0.508 e. The van der Waals surface area contributed by atoms with Crippen LogP contribution in [0.3, 0.4) is 0 Å². The Hall–Kier alpha value is -4.59. The molecule has 3 aromatic rings. The topological polar surface area (TPSA) is 124 Å². The number of carbonyl (C=O) groups excluding carboxylic acids is 2. The van der Waals surface area contributed by atoms with Crippen molar-refractivity contribution in [2.24, 2.45) is 0 Å². The maximum atomic E-state index is 12.0. The molecule has 3 aromatic carbocycles. The van der Waals surface area contributed by atoms with E-state index < -0.39 is 17.8 Å². The monoisotopic (exact) mass is 457 g/mol. The fraction of sp³-hybridized carbons (Fsp3) is 0.115. The van der Waals surface area contributed by atoms with Crippen LogP contribution in [0.25, 0.3) is 0 Å². The fourth-order valence-corrected chi connectivity index (χ4v) is 4.47. The summed E-state index contributed by atoms with van der Waals surface area (Å²) in [6, 6.07) is 14.2. The number of phenolic OH excluding ortho intramolecular Hbond substituents is 2. The summed E-state index contributed by atoms with van der Waals surface area (Å²) in [5.74, 6) is -1.34. The Morgan fingerprint density at radius 2 is 1.44 bits per heavy atom. The normalized spacial score (nSPS) is 14.6. The second kappa shape index (κ2) is 8.08. The highest BCUT2D eigenvalue weighted by molar-refractivity contribution is 6.28. The number of hydrogen-bond acceptors (Lipinski definition) is 6. The largest absolute Gasteiger partial charge is 0.508 e. The lowest BCUT2D eigenvalue weighted by atomic mass is 9.83. The number of amides is 2. The first kappa shape index (κ1) is 21.3. The molecule has 0 radical (unpaired) electrons. The van der Waals surface area contributed by atoms with Gasteiger partial charge in [-0.15, -0.1) is 0 Å². The van der Waals surface area contributed by atoms with Crippen molar-refractivity contribution in [2.45, 2.75) is 18.8 Å². The van der Waals surface area contributed by atoms with E-state index in [-0.39, 0.29) is 28.7 Å². The van der Waals surface area contributed by atoms with E-state index in [0.29, 0.717) is 29.9 Å². The Kier molecular flexibility index (Phi) is 5.05. The number of carboxylic acids is 1. The first-order valence-electron chi connectivity index (χ1n) is 10.6. The molecule has 8 heteroatoms. The minimum absolute atomic E-state index is 0.00826. The summed E-state index contributed by atoms with van der Waals surface area (Å²) in [5.41, 5.74) is 2.44. The van der Waals surface area contributed by atoms with Crippen molar-refractivity contribution in [3.05, 3.63) is 89.0 Å². The van der Waals surface area contributed by atoms with Crippen LogP contribution in [0.1, 0.15) is 39.4 Å². The van der Waals surface area contributed by atoms with Crippen molar-refractivity contribution >= 4 is 23.5 Å². The first-order chi connectivity index (χ1) is 16.3. The molecule has 0 spiro atoms. The minimum atomic E-state index is -1.16. The Bertz CT molecular complexity index is 1320. The maximum absolute atomic E-state index is 12.0. The van der Waals surface area contributed by atoms with Crippen molar-refractivity contribution in [2.75, 3.05) is 4.90 Å². The van der Waals surface area contributed by atoms with Gasteiger partial charge >= 0.3 is 5.97 Å². The number of fused-ring (bicyclic) bond motifs is 2. The van der Waals surface area contributed by atoms with Crippen LogP contribution in [0.4, 0.5) is 5.69 Å². The summed E-state index contributed by atoms with van der Waals surface area (Å²) >= 11 is 0. The molecule has 0 bridgehead atoms. The zero-order valence-corrected chi connectivity index (χ0v) is 17.8. The van der Waals surface area contributed by atoms with E-state index >= 15 is 0 Å². The van der Waals surface area contributed by atoms with Crippen LogP contribution >= 0.6 is 0 Å². The van der Waals surface area contributed by atoms with Gasteiger partial charge in [0.25, 0.3) is 11.8 Å². The van der Waals surface area contributed by atoms with Crippen molar-refractivity contribution < 1.29 is 34.4 Å². The number of anilines is 1. The molecule has 5 rings (SSSR count). The fourth-order valence-electron chi connectivity index (χ4n) is 4.47. The number of hydrogen-bond donors (Lipinski definition) is 3. The number of ether oxygens (including phenoxy) is 1. The number of imide groups is 1. The SMILES string of the molecule is O=C(O)c1cc(N2C(=O)C=CC2=O)ccc1CCC1c2ccc(O)cc2Oc2cc(O)ccc21. The number of benzene rings is 3. The van der Waals surface area contributed by atoms with E-state index in [2.05, 4.69) is 0 Å². The number of aromatic hydroxyl groups is 2. The molecule has 0 aromatic heterocycles. The second-order valence-corrected chi connectivity index (χ2v) is 8.13. The Morgan fingerprint density at radius 3 is 2.00 bits per heavy atom. The van der Waals surface area contributed by atoms with E-state index in [0.717, 1.165) is 28.2 Å². The third kappa shape index (κ3) is 3.65. The van der Waals surface area contributed by atoms with Crippen LogP contribution in [0.2, 0.25) is 0 Å². The van der Waals surface area contributed by atoms with Gasteiger partial charge in [-0.05, 0) is 42.7 Å². The van der Waals surface area contributed by atoms with Crippen molar-refractivity contribution in [1.29, 1.82) is 0 Å². The molecule has 8 nitrogen and oxygen atoms in total. The molecule has 170 valence electrons. The van der Waals surface area contributed by atoms with Crippen molar-refractivity contribution in [3.8, 4) is 23.0 Å². The third-order valence-electron chi connectivity index (χ3n) is 6.06. The van der Waals surface area contributed by atoms with E-state index in [1.54, 1.807) is 36.4 Å². The first-order valence-corrected chi connectivity index (χ1v) is 10.6. The lowest BCUT2D eigenvalue weighted by Gasteiger charge is -2.28. The predicted molar refractivity (Wildman–Crippen MR) is 121 cm³/mol. The van der Waals surface area contributed by atoms with E-state index in [1.165, 1.54) is 18.2 Å². The lowest BCUT2D eigenvalue weighted by molar-refractivity contribution is -0.120. The van der Waals surface area contributed by atoms with Crippen LogP contribution in [-0.4, -0.2) is 33.1 Å². The molecule has 0 saturated carbocycles. The van der Waals surface area contributed by atoms with Gasteiger partial charge < -0.3 is 20.1 Å². The van der Waals surface area contributed by atoms with Gasteiger partial charge in [0, 0.05) is 41.3 Å². The molecule has 0 unspecified atom stereocenters. The smallest absolute Gasteiger partial charge is 0.336 e. The zero-order chi connectivity index (χ0) is 24.0. The number of aromatic carboxylic acids is 1.